The standard InChI is InChI=1S/C22H22N4O2/c1-24-14-12-22(16-23,13-15-24)19-20(27)25(17-8-4-2-5-9-17)26(21(19)28)18-10-6-3-7-11-18/h2-11,27H,12-15H2,1H3. The number of hydrogen-bond donors (Lipinski definition) is 1. The van der Waals surface area contributed by atoms with Crippen LogP contribution in [-0.2, 0) is 5.41 Å². The predicted octanol–water partition coefficient (Wildman–Crippen LogP) is 2.82. The van der Waals surface area contributed by atoms with Crippen LogP contribution in [-0.4, -0.2) is 39.5 Å². The number of nitrogens with zero attached hydrogens (tertiary/aromatic N) is 4. The van der Waals surface area contributed by atoms with Crippen molar-refractivity contribution in [2.75, 3.05) is 20.1 Å². The third kappa shape index (κ3) is 2.81. The van der Waals surface area contributed by atoms with Gasteiger partial charge < -0.3 is 10.0 Å². The summed E-state index contributed by atoms with van der Waals surface area (Å²) in [6.45, 7) is 1.41. The molecule has 142 valence electrons. The van der Waals surface area contributed by atoms with E-state index in [0.717, 1.165) is 0 Å². The summed E-state index contributed by atoms with van der Waals surface area (Å²) in [5, 5.41) is 21.2. The van der Waals surface area contributed by atoms with Crippen LogP contribution in [0.25, 0.3) is 11.4 Å². The minimum Gasteiger partial charge on any atom is -0.493 e. The van der Waals surface area contributed by atoms with Crippen molar-refractivity contribution < 1.29 is 5.11 Å². The van der Waals surface area contributed by atoms with Crippen LogP contribution in [0.15, 0.2) is 65.5 Å². The van der Waals surface area contributed by atoms with Gasteiger partial charge in [0.15, 0.2) is 0 Å². The maximum absolute atomic E-state index is 13.5. The van der Waals surface area contributed by atoms with Gasteiger partial charge >= 0.3 is 0 Å². The van der Waals surface area contributed by atoms with Crippen molar-refractivity contribution >= 4 is 0 Å². The Hall–Kier alpha value is -3.30. The van der Waals surface area contributed by atoms with Gasteiger partial charge in [0.2, 0.25) is 5.88 Å². The molecule has 0 spiro atoms. The van der Waals surface area contributed by atoms with Crippen molar-refractivity contribution in [2.24, 2.45) is 0 Å². The molecule has 1 fully saturated rings. The fourth-order valence-electron chi connectivity index (χ4n) is 3.94. The van der Waals surface area contributed by atoms with Crippen LogP contribution in [0, 0.1) is 11.3 Å². The molecule has 28 heavy (non-hydrogen) atoms. The average molecular weight is 374 g/mol. The first-order valence-electron chi connectivity index (χ1n) is 9.35. The number of aromatic nitrogens is 2. The number of rotatable bonds is 3. The van der Waals surface area contributed by atoms with Crippen molar-refractivity contribution in [2.45, 2.75) is 18.3 Å². The van der Waals surface area contributed by atoms with Gasteiger partial charge in [-0.2, -0.15) is 5.26 Å². The van der Waals surface area contributed by atoms with E-state index in [2.05, 4.69) is 11.0 Å². The molecule has 0 atom stereocenters. The van der Waals surface area contributed by atoms with Crippen LogP contribution < -0.4 is 5.56 Å². The van der Waals surface area contributed by atoms with Gasteiger partial charge in [-0.25, -0.2) is 9.36 Å². The van der Waals surface area contributed by atoms with Crippen molar-refractivity contribution in [1.29, 1.82) is 5.26 Å². The van der Waals surface area contributed by atoms with E-state index in [1.54, 1.807) is 0 Å². The highest BCUT2D eigenvalue weighted by atomic mass is 16.3. The van der Waals surface area contributed by atoms with Crippen LogP contribution in [0.1, 0.15) is 18.4 Å². The molecule has 0 radical (unpaired) electrons. The Morgan fingerprint density at radius 2 is 1.43 bits per heavy atom. The number of nitriles is 1. The number of likely N-dealkylation sites (tertiary alicyclic amines) is 1. The summed E-state index contributed by atoms with van der Waals surface area (Å²) in [4.78, 5) is 15.7. The van der Waals surface area contributed by atoms with Crippen LogP contribution in [0.5, 0.6) is 5.88 Å². The molecule has 6 nitrogen and oxygen atoms in total. The number of benzene rings is 2. The van der Waals surface area contributed by atoms with E-state index in [4.69, 9.17) is 0 Å². The van der Waals surface area contributed by atoms with Crippen molar-refractivity contribution in [3.8, 4) is 23.3 Å². The van der Waals surface area contributed by atoms with Gasteiger partial charge in [-0.1, -0.05) is 36.4 Å². The molecule has 4 rings (SSSR count). The molecule has 1 saturated heterocycles. The lowest BCUT2D eigenvalue weighted by Gasteiger charge is -2.34. The van der Waals surface area contributed by atoms with Crippen LogP contribution in [0.2, 0.25) is 0 Å². The first kappa shape index (κ1) is 18.1. The second-order valence-corrected chi connectivity index (χ2v) is 7.30. The summed E-state index contributed by atoms with van der Waals surface area (Å²) in [7, 11) is 2.00. The Balaban J connectivity index is 2.01. The van der Waals surface area contributed by atoms with Gasteiger partial charge in [-0.15, -0.1) is 0 Å². The fraction of sp³-hybridized carbons (Fsp3) is 0.273. The molecule has 0 bridgehead atoms. The number of hydrogen-bond acceptors (Lipinski definition) is 4. The quantitative estimate of drug-likeness (QED) is 0.765. The molecule has 3 aromatic rings. The van der Waals surface area contributed by atoms with Gasteiger partial charge in [0, 0.05) is 0 Å². The molecular weight excluding hydrogens is 352 g/mol. The Morgan fingerprint density at radius 1 is 0.929 bits per heavy atom. The highest BCUT2D eigenvalue weighted by Gasteiger charge is 2.43. The molecule has 2 aromatic carbocycles. The lowest BCUT2D eigenvalue weighted by Crippen LogP contribution is -2.42. The minimum absolute atomic E-state index is 0.161. The second-order valence-electron chi connectivity index (χ2n) is 7.30. The molecule has 0 unspecified atom stereocenters. The highest BCUT2D eigenvalue weighted by Crippen LogP contribution is 2.39. The zero-order valence-electron chi connectivity index (χ0n) is 15.7. The summed E-state index contributed by atoms with van der Waals surface area (Å²) in [5.74, 6) is -0.161. The summed E-state index contributed by atoms with van der Waals surface area (Å²) in [6.07, 6.45) is 1.02. The molecular formula is C22H22N4O2. The molecule has 0 amide bonds. The molecule has 1 aliphatic rings. The molecule has 2 heterocycles. The third-order valence-corrected chi connectivity index (χ3v) is 5.57. The van der Waals surface area contributed by atoms with E-state index < -0.39 is 5.41 Å². The number of piperidine rings is 1. The van der Waals surface area contributed by atoms with Gasteiger partial charge in [-0.3, -0.25) is 4.79 Å². The van der Waals surface area contributed by atoms with Gasteiger partial charge in [0.25, 0.3) is 5.56 Å². The zero-order valence-corrected chi connectivity index (χ0v) is 15.7. The summed E-state index contributed by atoms with van der Waals surface area (Å²) in [6, 6.07) is 20.8. The highest BCUT2D eigenvalue weighted by molar-refractivity contribution is 5.48. The smallest absolute Gasteiger partial charge is 0.280 e. The van der Waals surface area contributed by atoms with E-state index in [9.17, 15) is 15.2 Å². The Labute approximate surface area is 163 Å². The van der Waals surface area contributed by atoms with Crippen LogP contribution in [0.4, 0.5) is 0 Å². The largest absolute Gasteiger partial charge is 0.493 e. The maximum atomic E-state index is 13.5. The summed E-state index contributed by atoms with van der Waals surface area (Å²) in [5.41, 5.74) is 0.145. The SMILES string of the molecule is CN1CCC(C#N)(c2c(O)n(-c3ccccc3)n(-c3ccccc3)c2=O)CC1. The third-order valence-electron chi connectivity index (χ3n) is 5.57. The van der Waals surface area contributed by atoms with Crippen molar-refractivity contribution in [3.63, 3.8) is 0 Å². The Kier molecular flexibility index (Phi) is 4.54. The van der Waals surface area contributed by atoms with Gasteiger partial charge in [0.05, 0.1) is 22.9 Å². The Bertz CT molecular complexity index is 1070. The average Bonchev–Trinajstić information content (AvgIpc) is 3.01. The van der Waals surface area contributed by atoms with E-state index in [1.165, 1.54) is 9.36 Å². The normalized spacial score (nSPS) is 16.6. The molecule has 1 N–H and O–H groups in total. The summed E-state index contributed by atoms with van der Waals surface area (Å²) < 4.78 is 2.96. The van der Waals surface area contributed by atoms with Crippen LogP contribution in [0.3, 0.4) is 0 Å². The van der Waals surface area contributed by atoms with E-state index >= 15 is 0 Å². The first-order chi connectivity index (χ1) is 13.6. The maximum Gasteiger partial charge on any atom is 0.280 e. The first-order valence-corrected chi connectivity index (χ1v) is 9.35. The number of para-hydroxylation sites is 2. The van der Waals surface area contributed by atoms with Gasteiger partial charge in [0.1, 0.15) is 5.56 Å². The predicted molar refractivity (Wildman–Crippen MR) is 107 cm³/mol. The molecule has 1 aliphatic heterocycles. The lowest BCUT2D eigenvalue weighted by atomic mass is 9.75. The van der Waals surface area contributed by atoms with Crippen molar-refractivity contribution in [1.82, 2.24) is 14.3 Å². The summed E-state index contributed by atoms with van der Waals surface area (Å²) >= 11 is 0. The zero-order chi connectivity index (χ0) is 19.7. The monoisotopic (exact) mass is 374 g/mol. The van der Waals surface area contributed by atoms with Crippen LogP contribution >= 0.6 is 0 Å². The van der Waals surface area contributed by atoms with E-state index in [-0.39, 0.29) is 17.0 Å². The van der Waals surface area contributed by atoms with Gasteiger partial charge in [-0.05, 0) is 57.2 Å². The lowest BCUT2D eigenvalue weighted by molar-refractivity contribution is 0.218. The van der Waals surface area contributed by atoms with E-state index in [0.29, 0.717) is 37.3 Å². The second kappa shape index (κ2) is 7.02. The Morgan fingerprint density at radius 3 is 1.93 bits per heavy atom. The molecule has 0 saturated carbocycles. The topological polar surface area (TPSA) is 74.2 Å². The number of aromatic hydroxyl groups is 1. The van der Waals surface area contributed by atoms with Crippen molar-refractivity contribution in [3.05, 3.63) is 76.6 Å². The fourth-order valence-corrected chi connectivity index (χ4v) is 3.94. The molecule has 0 aliphatic carbocycles. The molecule has 6 heteroatoms. The minimum atomic E-state index is -0.996. The van der Waals surface area contributed by atoms with E-state index in [1.807, 2.05) is 67.7 Å². The molecule has 1 aromatic heterocycles.